The van der Waals surface area contributed by atoms with Crippen molar-refractivity contribution in [2.24, 2.45) is 5.73 Å². The topological polar surface area (TPSA) is 35.2 Å². The lowest BCUT2D eigenvalue weighted by atomic mass is 10.2. The zero-order valence-corrected chi connectivity index (χ0v) is 5.22. The van der Waals surface area contributed by atoms with E-state index in [2.05, 4.69) is 5.92 Å². The van der Waals surface area contributed by atoms with E-state index in [9.17, 15) is 0 Å². The Morgan fingerprint density at radius 1 is 1.75 bits per heavy atom. The maximum atomic E-state index is 5.37. The third kappa shape index (κ3) is 1.97. The summed E-state index contributed by atoms with van der Waals surface area (Å²) in [6.45, 7) is 1.84. The Morgan fingerprint density at radius 2 is 2.25 bits per heavy atom. The van der Waals surface area contributed by atoms with Gasteiger partial charge >= 0.3 is 0 Å². The molecule has 0 aliphatic heterocycles. The predicted molar refractivity (Wildman–Crippen MR) is 33.3 cm³/mol. The number of ether oxygens (including phenoxy) is 1. The van der Waals surface area contributed by atoms with Crippen LogP contribution in [-0.2, 0) is 4.74 Å². The van der Waals surface area contributed by atoms with E-state index in [4.69, 9.17) is 16.9 Å². The summed E-state index contributed by atoms with van der Waals surface area (Å²) in [6.07, 6.45) is 4.95. The summed E-state index contributed by atoms with van der Waals surface area (Å²) in [5.41, 5.74) is 5.37. The molecule has 0 aliphatic carbocycles. The van der Waals surface area contributed by atoms with E-state index in [-0.39, 0.29) is 12.1 Å². The second kappa shape index (κ2) is 3.48. The molecule has 0 saturated heterocycles. The van der Waals surface area contributed by atoms with Gasteiger partial charge in [-0.05, 0) is 6.92 Å². The summed E-state index contributed by atoms with van der Waals surface area (Å²) in [4.78, 5) is 0. The molecule has 2 atom stereocenters. The van der Waals surface area contributed by atoms with E-state index in [1.807, 2.05) is 6.92 Å². The van der Waals surface area contributed by atoms with Crippen LogP contribution in [-0.4, -0.2) is 19.3 Å². The largest absolute Gasteiger partial charge is 0.379 e. The lowest BCUT2D eigenvalue weighted by Gasteiger charge is -2.10. The van der Waals surface area contributed by atoms with Gasteiger partial charge in [0.2, 0.25) is 0 Å². The van der Waals surface area contributed by atoms with Crippen LogP contribution in [0.15, 0.2) is 0 Å². The van der Waals surface area contributed by atoms with Crippen molar-refractivity contribution in [2.45, 2.75) is 19.1 Å². The molecule has 2 N–H and O–H groups in total. The Labute approximate surface area is 50.0 Å². The van der Waals surface area contributed by atoms with Crippen molar-refractivity contribution in [1.29, 1.82) is 0 Å². The van der Waals surface area contributed by atoms with Crippen molar-refractivity contribution in [3.05, 3.63) is 0 Å². The Kier molecular flexibility index (Phi) is 3.25. The molecule has 0 amide bonds. The fraction of sp³-hybridized carbons (Fsp3) is 0.667. The van der Waals surface area contributed by atoms with Crippen LogP contribution in [0.25, 0.3) is 0 Å². The Morgan fingerprint density at radius 3 is 2.38 bits per heavy atom. The van der Waals surface area contributed by atoms with Crippen LogP contribution in [0.3, 0.4) is 0 Å². The zero-order chi connectivity index (χ0) is 6.57. The molecule has 2 nitrogen and oxygen atoms in total. The van der Waals surface area contributed by atoms with Gasteiger partial charge in [-0.3, -0.25) is 0 Å². The van der Waals surface area contributed by atoms with Gasteiger partial charge in [0.25, 0.3) is 0 Å². The first kappa shape index (κ1) is 7.48. The Bertz CT molecular complexity index is 95.2. The fourth-order valence-corrected chi connectivity index (χ4v) is 0.282. The van der Waals surface area contributed by atoms with Crippen molar-refractivity contribution >= 4 is 0 Å². The van der Waals surface area contributed by atoms with Crippen LogP contribution in [0.5, 0.6) is 0 Å². The van der Waals surface area contributed by atoms with Gasteiger partial charge in [0, 0.05) is 7.11 Å². The highest BCUT2D eigenvalue weighted by molar-refractivity contribution is 4.99. The van der Waals surface area contributed by atoms with Crippen LogP contribution in [0.2, 0.25) is 0 Å². The molecule has 2 heteroatoms. The van der Waals surface area contributed by atoms with Crippen molar-refractivity contribution in [1.82, 2.24) is 0 Å². The molecule has 8 heavy (non-hydrogen) atoms. The van der Waals surface area contributed by atoms with E-state index in [1.54, 1.807) is 7.11 Å². The van der Waals surface area contributed by atoms with Gasteiger partial charge in [-0.15, -0.1) is 6.42 Å². The molecular weight excluding hydrogens is 102 g/mol. The van der Waals surface area contributed by atoms with E-state index in [1.165, 1.54) is 0 Å². The quantitative estimate of drug-likeness (QED) is 0.511. The van der Waals surface area contributed by atoms with Gasteiger partial charge in [0.15, 0.2) is 0 Å². The minimum Gasteiger partial charge on any atom is -0.379 e. The number of hydrogen-bond donors (Lipinski definition) is 1. The first-order chi connectivity index (χ1) is 3.72. The highest BCUT2D eigenvalue weighted by Crippen LogP contribution is 1.90. The van der Waals surface area contributed by atoms with Gasteiger partial charge in [0.05, 0.1) is 12.1 Å². The molecule has 0 aromatic carbocycles. The average molecular weight is 113 g/mol. The number of terminal acetylenes is 1. The third-order valence-corrected chi connectivity index (χ3v) is 1.07. The van der Waals surface area contributed by atoms with Gasteiger partial charge in [0.1, 0.15) is 0 Å². The van der Waals surface area contributed by atoms with Gasteiger partial charge in [-0.2, -0.15) is 0 Å². The normalized spacial score (nSPS) is 16.8. The molecule has 0 aliphatic rings. The SMILES string of the molecule is C#CC(N)C(C)OC. The molecule has 0 saturated carbocycles. The molecule has 0 heterocycles. The highest BCUT2D eigenvalue weighted by atomic mass is 16.5. The lowest BCUT2D eigenvalue weighted by molar-refractivity contribution is 0.110. The monoisotopic (exact) mass is 113 g/mol. The van der Waals surface area contributed by atoms with Crippen LogP contribution < -0.4 is 5.73 Å². The summed E-state index contributed by atoms with van der Waals surface area (Å²) >= 11 is 0. The summed E-state index contributed by atoms with van der Waals surface area (Å²) in [5, 5.41) is 0. The first-order valence-corrected chi connectivity index (χ1v) is 2.47. The molecule has 0 fully saturated rings. The van der Waals surface area contributed by atoms with Crippen LogP contribution in [0, 0.1) is 12.3 Å². The molecule has 0 radical (unpaired) electrons. The standard InChI is InChI=1S/C6H11NO/c1-4-6(7)5(2)8-3/h1,5-6H,7H2,2-3H3. The molecule has 0 bridgehead atoms. The van der Waals surface area contributed by atoms with Gasteiger partial charge in [-0.25, -0.2) is 0 Å². The third-order valence-electron chi connectivity index (χ3n) is 1.07. The molecule has 0 rings (SSSR count). The summed E-state index contributed by atoms with van der Waals surface area (Å²) in [6, 6.07) is -0.278. The molecule has 0 spiro atoms. The lowest BCUT2D eigenvalue weighted by Crippen LogP contribution is -2.31. The van der Waals surface area contributed by atoms with Crippen molar-refractivity contribution in [2.75, 3.05) is 7.11 Å². The molecular formula is C6H11NO. The summed E-state index contributed by atoms with van der Waals surface area (Å²) in [5.74, 6) is 2.37. The van der Waals surface area contributed by atoms with Crippen LogP contribution in [0.1, 0.15) is 6.92 Å². The zero-order valence-electron chi connectivity index (χ0n) is 5.22. The predicted octanol–water partition coefficient (Wildman–Crippen LogP) is -0.0182. The maximum Gasteiger partial charge on any atom is 0.0924 e. The number of hydrogen-bond acceptors (Lipinski definition) is 2. The minimum atomic E-state index is -0.278. The highest BCUT2D eigenvalue weighted by Gasteiger charge is 2.05. The Hall–Kier alpha value is -0.520. The average Bonchev–Trinajstić information content (AvgIpc) is 1.84. The van der Waals surface area contributed by atoms with E-state index in [0.29, 0.717) is 0 Å². The van der Waals surface area contributed by atoms with Crippen molar-refractivity contribution in [3.63, 3.8) is 0 Å². The van der Waals surface area contributed by atoms with Gasteiger partial charge in [-0.1, -0.05) is 5.92 Å². The van der Waals surface area contributed by atoms with Crippen molar-refractivity contribution < 1.29 is 4.74 Å². The second-order valence-electron chi connectivity index (χ2n) is 1.63. The fourth-order valence-electron chi connectivity index (χ4n) is 0.282. The number of rotatable bonds is 2. The van der Waals surface area contributed by atoms with Crippen LogP contribution in [0.4, 0.5) is 0 Å². The smallest absolute Gasteiger partial charge is 0.0924 e. The van der Waals surface area contributed by atoms with E-state index in [0.717, 1.165) is 0 Å². The molecule has 46 valence electrons. The number of nitrogens with two attached hydrogens (primary N) is 1. The van der Waals surface area contributed by atoms with Gasteiger partial charge < -0.3 is 10.5 Å². The molecule has 2 unspecified atom stereocenters. The second-order valence-corrected chi connectivity index (χ2v) is 1.63. The van der Waals surface area contributed by atoms with E-state index >= 15 is 0 Å². The maximum absolute atomic E-state index is 5.37. The summed E-state index contributed by atoms with van der Waals surface area (Å²) < 4.78 is 4.84. The minimum absolute atomic E-state index is 0.0417. The molecule has 0 aromatic heterocycles. The molecule has 0 aromatic rings. The van der Waals surface area contributed by atoms with Crippen LogP contribution >= 0.6 is 0 Å². The first-order valence-electron chi connectivity index (χ1n) is 2.47. The summed E-state index contributed by atoms with van der Waals surface area (Å²) in [7, 11) is 1.59. The Balaban J connectivity index is 3.49. The van der Waals surface area contributed by atoms with E-state index < -0.39 is 0 Å². The number of methoxy groups -OCH3 is 1. The van der Waals surface area contributed by atoms with Crippen molar-refractivity contribution in [3.8, 4) is 12.3 Å².